The van der Waals surface area contributed by atoms with E-state index in [1.807, 2.05) is 48.5 Å². The van der Waals surface area contributed by atoms with Gasteiger partial charge in [0.25, 0.3) is 0 Å². The maximum Gasteiger partial charge on any atom is 0.128 e. The molecular formula is C14H15Br2OP. The molecule has 0 aliphatic carbocycles. The molecule has 4 heteroatoms. The van der Waals surface area contributed by atoms with E-state index in [2.05, 4.69) is 45.2 Å². The number of benzene rings is 2. The highest BCUT2D eigenvalue weighted by molar-refractivity contribution is 9.10. The molecule has 0 spiro atoms. The van der Waals surface area contributed by atoms with Crippen molar-refractivity contribution in [2.24, 2.45) is 0 Å². The summed E-state index contributed by atoms with van der Waals surface area (Å²) in [6.07, 6.45) is 0. The van der Waals surface area contributed by atoms with E-state index in [-0.39, 0.29) is 0 Å². The molecule has 0 amide bonds. The first kappa shape index (κ1) is 15.7. The number of rotatable bonds is 2. The summed E-state index contributed by atoms with van der Waals surface area (Å²) in [6, 6.07) is 15.5. The lowest BCUT2D eigenvalue weighted by Crippen LogP contribution is -1.83. The molecule has 2 rings (SSSR count). The molecule has 0 aliphatic rings. The van der Waals surface area contributed by atoms with Gasteiger partial charge < -0.3 is 4.74 Å². The van der Waals surface area contributed by atoms with Gasteiger partial charge in [-0.2, -0.15) is 0 Å². The van der Waals surface area contributed by atoms with Crippen molar-refractivity contribution in [3.63, 3.8) is 0 Å². The molecule has 96 valence electrons. The van der Waals surface area contributed by atoms with Gasteiger partial charge in [0.05, 0.1) is 0 Å². The Bertz CT molecular complexity index is 445. The van der Waals surface area contributed by atoms with Crippen molar-refractivity contribution < 1.29 is 4.74 Å². The van der Waals surface area contributed by atoms with Crippen molar-refractivity contribution in [3.8, 4) is 11.5 Å². The fourth-order valence-corrected chi connectivity index (χ4v) is 1.95. The highest BCUT2D eigenvalue weighted by Crippen LogP contribution is 2.26. The molecule has 0 N–H and O–H groups in total. The minimum absolute atomic E-state index is 0.822. The SMILES string of the molecule is Brc1cccc(Oc2cccc(Br)c2)c1.CPC. The van der Waals surface area contributed by atoms with Gasteiger partial charge in [0.1, 0.15) is 11.5 Å². The average molecular weight is 390 g/mol. The predicted molar refractivity (Wildman–Crippen MR) is 88.5 cm³/mol. The topological polar surface area (TPSA) is 9.23 Å². The van der Waals surface area contributed by atoms with Gasteiger partial charge in [-0.25, -0.2) is 0 Å². The van der Waals surface area contributed by atoms with E-state index >= 15 is 0 Å². The predicted octanol–water partition coefficient (Wildman–Crippen LogP) is 5.93. The second kappa shape index (κ2) is 8.68. The summed E-state index contributed by atoms with van der Waals surface area (Å²) in [6.45, 7) is 4.31. The van der Waals surface area contributed by atoms with Crippen molar-refractivity contribution >= 4 is 40.4 Å². The van der Waals surface area contributed by atoms with E-state index in [1.165, 1.54) is 0 Å². The molecule has 0 radical (unpaired) electrons. The Balaban J connectivity index is 0.000000492. The zero-order valence-corrected chi connectivity index (χ0v) is 14.5. The summed E-state index contributed by atoms with van der Waals surface area (Å²) in [5.41, 5.74) is 0. The van der Waals surface area contributed by atoms with Crippen LogP contribution in [0.3, 0.4) is 0 Å². The molecule has 1 nitrogen and oxygen atoms in total. The molecule has 0 bridgehead atoms. The Hall–Kier alpha value is -0.370. The molecule has 2 aromatic carbocycles. The summed E-state index contributed by atoms with van der Waals surface area (Å²) >= 11 is 6.80. The van der Waals surface area contributed by atoms with E-state index in [0.717, 1.165) is 29.0 Å². The third-order valence-corrected chi connectivity index (χ3v) is 2.81. The Kier molecular flexibility index (Phi) is 7.57. The number of hydrogen-bond donors (Lipinski definition) is 0. The van der Waals surface area contributed by atoms with Crippen molar-refractivity contribution in [1.29, 1.82) is 0 Å². The Labute approximate surface area is 127 Å². The average Bonchev–Trinajstić information content (AvgIpc) is 2.30. The fourth-order valence-electron chi connectivity index (χ4n) is 1.20. The van der Waals surface area contributed by atoms with E-state index in [9.17, 15) is 0 Å². The molecule has 0 aliphatic heterocycles. The standard InChI is InChI=1S/C12H8Br2O.C2H7P/c13-9-3-1-5-11(7-9)15-12-6-2-4-10(14)8-12;1-3-2/h1-8H;3H,1-2H3. The smallest absolute Gasteiger partial charge is 0.128 e. The van der Waals surface area contributed by atoms with Gasteiger partial charge in [-0.15, -0.1) is 8.58 Å². The van der Waals surface area contributed by atoms with Crippen LogP contribution in [-0.4, -0.2) is 13.3 Å². The first-order valence-corrected chi connectivity index (χ1v) is 9.01. The monoisotopic (exact) mass is 388 g/mol. The summed E-state index contributed by atoms with van der Waals surface area (Å²) in [4.78, 5) is 0. The lowest BCUT2D eigenvalue weighted by molar-refractivity contribution is 0.482. The zero-order chi connectivity index (χ0) is 13.4. The van der Waals surface area contributed by atoms with Crippen LogP contribution in [0, 0.1) is 0 Å². The van der Waals surface area contributed by atoms with Gasteiger partial charge in [0, 0.05) is 8.95 Å². The fraction of sp³-hybridized carbons (Fsp3) is 0.143. The van der Waals surface area contributed by atoms with Crippen molar-refractivity contribution in [3.05, 3.63) is 57.5 Å². The molecule has 0 fully saturated rings. The maximum absolute atomic E-state index is 5.68. The molecule has 0 saturated carbocycles. The van der Waals surface area contributed by atoms with Crippen LogP contribution in [0.25, 0.3) is 0 Å². The Morgan fingerprint density at radius 2 is 1.22 bits per heavy atom. The molecule has 0 saturated heterocycles. The first-order chi connectivity index (χ1) is 8.65. The van der Waals surface area contributed by atoms with Crippen molar-refractivity contribution in [1.82, 2.24) is 0 Å². The Morgan fingerprint density at radius 3 is 1.56 bits per heavy atom. The second-order valence-corrected chi connectivity index (χ2v) is 6.35. The third kappa shape index (κ3) is 5.99. The molecule has 2 aromatic rings. The first-order valence-electron chi connectivity index (χ1n) is 5.43. The maximum atomic E-state index is 5.68. The van der Waals surface area contributed by atoms with E-state index < -0.39 is 0 Å². The number of halogens is 2. The molecule has 18 heavy (non-hydrogen) atoms. The third-order valence-electron chi connectivity index (χ3n) is 1.83. The minimum Gasteiger partial charge on any atom is -0.457 e. The summed E-state index contributed by atoms with van der Waals surface area (Å²) in [5, 5.41) is 0. The summed E-state index contributed by atoms with van der Waals surface area (Å²) in [7, 11) is 1.08. The lowest BCUT2D eigenvalue weighted by atomic mass is 10.3. The van der Waals surface area contributed by atoms with Crippen LogP contribution >= 0.6 is 40.4 Å². The van der Waals surface area contributed by atoms with Crippen LogP contribution in [0.1, 0.15) is 0 Å². The van der Waals surface area contributed by atoms with E-state index in [4.69, 9.17) is 4.74 Å². The second-order valence-electron chi connectivity index (χ2n) is 3.52. The van der Waals surface area contributed by atoms with E-state index in [0.29, 0.717) is 0 Å². The van der Waals surface area contributed by atoms with E-state index in [1.54, 1.807) is 0 Å². The van der Waals surface area contributed by atoms with Crippen LogP contribution < -0.4 is 4.74 Å². The molecule has 0 atom stereocenters. The Morgan fingerprint density at radius 1 is 0.833 bits per heavy atom. The van der Waals surface area contributed by atoms with Crippen molar-refractivity contribution in [2.45, 2.75) is 0 Å². The lowest BCUT2D eigenvalue weighted by Gasteiger charge is -2.05. The van der Waals surface area contributed by atoms with Gasteiger partial charge in [0.15, 0.2) is 0 Å². The van der Waals surface area contributed by atoms with Gasteiger partial charge in [0.2, 0.25) is 0 Å². The van der Waals surface area contributed by atoms with Crippen LogP contribution in [0.5, 0.6) is 11.5 Å². The highest BCUT2D eigenvalue weighted by atomic mass is 79.9. The van der Waals surface area contributed by atoms with Gasteiger partial charge >= 0.3 is 0 Å². The van der Waals surface area contributed by atoms with Gasteiger partial charge in [-0.1, -0.05) is 44.0 Å². The molecular weight excluding hydrogens is 375 g/mol. The number of hydrogen-bond acceptors (Lipinski definition) is 1. The normalized spacial score (nSPS) is 9.33. The molecule has 0 aromatic heterocycles. The summed E-state index contributed by atoms with van der Waals surface area (Å²) in [5.74, 6) is 1.64. The molecule has 0 unspecified atom stereocenters. The van der Waals surface area contributed by atoms with Gasteiger partial charge in [-0.05, 0) is 49.7 Å². The van der Waals surface area contributed by atoms with Gasteiger partial charge in [-0.3, -0.25) is 0 Å². The summed E-state index contributed by atoms with van der Waals surface area (Å²) < 4.78 is 7.70. The minimum atomic E-state index is 0.822. The number of ether oxygens (including phenoxy) is 1. The van der Waals surface area contributed by atoms with Crippen molar-refractivity contribution in [2.75, 3.05) is 13.3 Å². The van der Waals surface area contributed by atoms with Crippen LogP contribution in [0.4, 0.5) is 0 Å². The zero-order valence-electron chi connectivity index (χ0n) is 10.3. The quantitative estimate of drug-likeness (QED) is 0.578. The largest absolute Gasteiger partial charge is 0.457 e. The molecule has 0 heterocycles. The van der Waals surface area contributed by atoms with Crippen LogP contribution in [-0.2, 0) is 0 Å². The highest BCUT2D eigenvalue weighted by Gasteiger charge is 1.97. The van der Waals surface area contributed by atoms with Crippen LogP contribution in [0.2, 0.25) is 0 Å². The van der Waals surface area contributed by atoms with Crippen LogP contribution in [0.15, 0.2) is 57.5 Å².